The van der Waals surface area contributed by atoms with Crippen molar-refractivity contribution in [2.75, 3.05) is 13.2 Å². The zero-order valence-electron chi connectivity index (χ0n) is 9.56. The van der Waals surface area contributed by atoms with Gasteiger partial charge >= 0.3 is 0 Å². The number of ether oxygens (including phenoxy) is 1. The maximum atomic E-state index is 5.48. The van der Waals surface area contributed by atoms with Gasteiger partial charge in [0.1, 0.15) is 0 Å². The van der Waals surface area contributed by atoms with Crippen LogP contribution in [0.5, 0.6) is 0 Å². The molecule has 0 aromatic carbocycles. The van der Waals surface area contributed by atoms with Gasteiger partial charge in [-0.2, -0.15) is 5.10 Å². The van der Waals surface area contributed by atoms with E-state index in [9.17, 15) is 0 Å². The molecular formula is C12H19N3O. The maximum Gasteiger partial charge on any atom is 0.0753 e. The molecule has 16 heavy (non-hydrogen) atoms. The predicted octanol–water partition coefficient (Wildman–Crippen LogP) is 1.49. The van der Waals surface area contributed by atoms with Crippen molar-refractivity contribution in [2.45, 2.75) is 44.3 Å². The van der Waals surface area contributed by atoms with Crippen LogP contribution in [0.25, 0.3) is 0 Å². The minimum atomic E-state index is 0.448. The van der Waals surface area contributed by atoms with Crippen molar-refractivity contribution in [1.82, 2.24) is 15.1 Å². The van der Waals surface area contributed by atoms with E-state index in [1.807, 2.05) is 6.20 Å². The Morgan fingerprint density at radius 3 is 3.12 bits per heavy atom. The van der Waals surface area contributed by atoms with Gasteiger partial charge in [0, 0.05) is 31.0 Å². The largest absolute Gasteiger partial charge is 0.379 e. The standard InChI is InChI=1S/C12H19N3O/c1-2-12(9-16-5-1)15-8-10(7-14-15)6-13-11-3-4-11/h7-8,11-13H,1-6,9H2. The zero-order valence-corrected chi connectivity index (χ0v) is 9.56. The predicted molar refractivity (Wildman–Crippen MR) is 61.2 cm³/mol. The monoisotopic (exact) mass is 221 g/mol. The quantitative estimate of drug-likeness (QED) is 0.837. The molecule has 1 aliphatic carbocycles. The van der Waals surface area contributed by atoms with Gasteiger partial charge in [-0.3, -0.25) is 4.68 Å². The highest BCUT2D eigenvalue weighted by atomic mass is 16.5. The molecule has 2 fully saturated rings. The molecule has 0 radical (unpaired) electrons. The molecule has 0 spiro atoms. The third kappa shape index (κ3) is 2.44. The van der Waals surface area contributed by atoms with E-state index in [1.165, 1.54) is 24.8 Å². The fraction of sp³-hybridized carbons (Fsp3) is 0.750. The summed E-state index contributed by atoms with van der Waals surface area (Å²) in [6.07, 6.45) is 9.16. The van der Waals surface area contributed by atoms with Gasteiger partial charge < -0.3 is 10.1 Å². The second kappa shape index (κ2) is 4.55. The molecule has 2 heterocycles. The Bertz CT molecular complexity index is 340. The summed E-state index contributed by atoms with van der Waals surface area (Å²) in [5.41, 5.74) is 1.29. The Morgan fingerprint density at radius 2 is 2.38 bits per heavy atom. The molecule has 1 saturated heterocycles. The molecule has 4 heteroatoms. The summed E-state index contributed by atoms with van der Waals surface area (Å²) in [4.78, 5) is 0. The number of nitrogens with zero attached hydrogens (tertiary/aromatic N) is 2. The van der Waals surface area contributed by atoms with Gasteiger partial charge in [-0.25, -0.2) is 0 Å². The Balaban J connectivity index is 1.57. The minimum absolute atomic E-state index is 0.448. The highest BCUT2D eigenvalue weighted by Crippen LogP contribution is 2.21. The van der Waals surface area contributed by atoms with E-state index in [2.05, 4.69) is 21.3 Å². The number of hydrogen-bond donors (Lipinski definition) is 1. The molecule has 88 valence electrons. The molecule has 0 amide bonds. The Kier molecular flexibility index (Phi) is 2.93. The average Bonchev–Trinajstić information content (AvgIpc) is 3.05. The fourth-order valence-corrected chi connectivity index (χ4v) is 2.15. The second-order valence-corrected chi connectivity index (χ2v) is 4.85. The van der Waals surface area contributed by atoms with Gasteiger partial charge in [0.15, 0.2) is 0 Å². The number of hydrogen-bond acceptors (Lipinski definition) is 3. The van der Waals surface area contributed by atoms with E-state index in [0.717, 1.165) is 32.2 Å². The molecule has 0 bridgehead atoms. The lowest BCUT2D eigenvalue weighted by molar-refractivity contribution is 0.0549. The Hall–Kier alpha value is -0.870. The highest BCUT2D eigenvalue weighted by molar-refractivity contribution is 5.05. The molecule has 3 rings (SSSR count). The van der Waals surface area contributed by atoms with Gasteiger partial charge in [-0.05, 0) is 25.7 Å². The number of rotatable bonds is 4. The van der Waals surface area contributed by atoms with Crippen LogP contribution >= 0.6 is 0 Å². The summed E-state index contributed by atoms with van der Waals surface area (Å²) in [6, 6.07) is 1.21. The summed E-state index contributed by atoms with van der Waals surface area (Å²) < 4.78 is 7.55. The van der Waals surface area contributed by atoms with E-state index in [4.69, 9.17) is 4.74 Å². The van der Waals surface area contributed by atoms with E-state index in [1.54, 1.807) is 0 Å². The number of nitrogens with one attached hydrogen (secondary N) is 1. The second-order valence-electron chi connectivity index (χ2n) is 4.85. The minimum Gasteiger partial charge on any atom is -0.379 e. The van der Waals surface area contributed by atoms with Crippen molar-refractivity contribution in [1.29, 1.82) is 0 Å². The smallest absolute Gasteiger partial charge is 0.0753 e. The zero-order chi connectivity index (χ0) is 10.8. The van der Waals surface area contributed by atoms with Crippen molar-refractivity contribution in [2.24, 2.45) is 0 Å². The van der Waals surface area contributed by atoms with Gasteiger partial charge in [0.05, 0.1) is 18.8 Å². The Morgan fingerprint density at radius 1 is 1.44 bits per heavy atom. The molecule has 1 aromatic rings. The van der Waals surface area contributed by atoms with Crippen LogP contribution in [0.1, 0.15) is 37.3 Å². The Labute approximate surface area is 96.0 Å². The van der Waals surface area contributed by atoms with Crippen LogP contribution in [0.2, 0.25) is 0 Å². The SMILES string of the molecule is c1nn(C2CCCOC2)cc1CNC1CC1. The summed E-state index contributed by atoms with van der Waals surface area (Å²) in [5.74, 6) is 0. The van der Waals surface area contributed by atoms with Gasteiger partial charge in [-0.1, -0.05) is 0 Å². The first-order valence-electron chi connectivity index (χ1n) is 6.26. The lowest BCUT2D eigenvalue weighted by Gasteiger charge is -2.22. The van der Waals surface area contributed by atoms with Crippen LogP contribution < -0.4 is 5.32 Å². The van der Waals surface area contributed by atoms with E-state index < -0.39 is 0 Å². The van der Waals surface area contributed by atoms with Crippen LogP contribution in [-0.2, 0) is 11.3 Å². The molecule has 1 atom stereocenters. The molecule has 2 aliphatic rings. The normalized spacial score (nSPS) is 25.9. The highest BCUT2D eigenvalue weighted by Gasteiger charge is 2.21. The van der Waals surface area contributed by atoms with Crippen molar-refractivity contribution in [3.05, 3.63) is 18.0 Å². The van der Waals surface area contributed by atoms with Crippen molar-refractivity contribution in [3.8, 4) is 0 Å². The third-order valence-corrected chi connectivity index (χ3v) is 3.34. The number of aromatic nitrogens is 2. The first kappa shape index (κ1) is 10.3. The van der Waals surface area contributed by atoms with Gasteiger partial charge in [0.2, 0.25) is 0 Å². The molecule has 4 nitrogen and oxygen atoms in total. The van der Waals surface area contributed by atoms with E-state index in [-0.39, 0.29) is 0 Å². The van der Waals surface area contributed by atoms with E-state index in [0.29, 0.717) is 6.04 Å². The van der Waals surface area contributed by atoms with E-state index >= 15 is 0 Å². The van der Waals surface area contributed by atoms with Crippen LogP contribution in [0.3, 0.4) is 0 Å². The average molecular weight is 221 g/mol. The molecule has 1 aliphatic heterocycles. The van der Waals surface area contributed by atoms with Crippen LogP contribution in [0.4, 0.5) is 0 Å². The van der Waals surface area contributed by atoms with Gasteiger partial charge in [-0.15, -0.1) is 0 Å². The lowest BCUT2D eigenvalue weighted by atomic mass is 10.1. The third-order valence-electron chi connectivity index (χ3n) is 3.34. The first-order valence-corrected chi connectivity index (χ1v) is 6.26. The maximum absolute atomic E-state index is 5.48. The summed E-state index contributed by atoms with van der Waals surface area (Å²) in [5, 5.41) is 7.94. The van der Waals surface area contributed by atoms with Crippen LogP contribution in [0.15, 0.2) is 12.4 Å². The molecule has 1 N–H and O–H groups in total. The molecule has 1 unspecified atom stereocenters. The molecule has 1 saturated carbocycles. The topological polar surface area (TPSA) is 39.1 Å². The lowest BCUT2D eigenvalue weighted by Crippen LogP contribution is -2.21. The van der Waals surface area contributed by atoms with Crippen molar-refractivity contribution < 1.29 is 4.74 Å². The summed E-state index contributed by atoms with van der Waals surface area (Å²) in [6.45, 7) is 2.68. The van der Waals surface area contributed by atoms with Crippen molar-refractivity contribution >= 4 is 0 Å². The first-order chi connectivity index (χ1) is 7.92. The fourth-order valence-electron chi connectivity index (χ4n) is 2.15. The van der Waals surface area contributed by atoms with Crippen molar-refractivity contribution in [3.63, 3.8) is 0 Å². The summed E-state index contributed by atoms with van der Waals surface area (Å²) in [7, 11) is 0. The molecular weight excluding hydrogens is 202 g/mol. The van der Waals surface area contributed by atoms with Crippen LogP contribution in [0, 0.1) is 0 Å². The van der Waals surface area contributed by atoms with Crippen LogP contribution in [-0.4, -0.2) is 29.0 Å². The molecule has 1 aromatic heterocycles. The summed E-state index contributed by atoms with van der Waals surface area (Å²) >= 11 is 0. The van der Waals surface area contributed by atoms with Gasteiger partial charge in [0.25, 0.3) is 0 Å².